The molecule has 0 aliphatic carbocycles. The van der Waals surface area contributed by atoms with Gasteiger partial charge in [0.25, 0.3) is 0 Å². The second-order valence-corrected chi connectivity index (χ2v) is 5.39. The quantitative estimate of drug-likeness (QED) is 0.891. The molecule has 2 amide bonds. The summed E-state index contributed by atoms with van der Waals surface area (Å²) in [5, 5.41) is 11.5. The fourth-order valence-electron chi connectivity index (χ4n) is 2.43. The van der Waals surface area contributed by atoms with Gasteiger partial charge in [0.1, 0.15) is 5.75 Å². The van der Waals surface area contributed by atoms with Crippen LogP contribution in [0, 0.1) is 12.8 Å². The molecule has 1 aromatic rings. The monoisotopic (exact) mass is 328 g/mol. The molecule has 1 aromatic carbocycles. The lowest BCUT2D eigenvalue weighted by molar-refractivity contribution is -0.143. The van der Waals surface area contributed by atoms with Gasteiger partial charge in [0, 0.05) is 24.8 Å². The molecule has 1 aliphatic rings. The summed E-state index contributed by atoms with van der Waals surface area (Å²) in [6, 6.07) is 4.11. The number of carboxylic acid groups (broad SMARTS) is 1. The molecule has 23 heavy (non-hydrogen) atoms. The van der Waals surface area contributed by atoms with Crippen LogP contribution in [0.5, 0.6) is 5.75 Å². The van der Waals surface area contributed by atoms with Gasteiger partial charge in [-0.1, -0.05) is 6.07 Å². The van der Waals surface area contributed by atoms with Crippen LogP contribution in [0.2, 0.25) is 0 Å². The van der Waals surface area contributed by atoms with Crippen molar-refractivity contribution in [3.8, 4) is 5.75 Å². The van der Waals surface area contributed by atoms with Crippen molar-refractivity contribution >= 4 is 17.7 Å². The predicted molar refractivity (Wildman–Crippen MR) is 78.8 cm³/mol. The number of hydrogen-bond acceptors (Lipinski definition) is 3. The topological polar surface area (TPSA) is 78.9 Å². The smallest absolute Gasteiger partial charge is 0.387 e. The molecular weight excluding hydrogens is 310 g/mol. The van der Waals surface area contributed by atoms with E-state index in [-0.39, 0.29) is 11.8 Å². The van der Waals surface area contributed by atoms with Crippen molar-refractivity contribution in [2.75, 3.05) is 18.4 Å². The molecule has 1 saturated heterocycles. The van der Waals surface area contributed by atoms with Crippen molar-refractivity contribution in [3.63, 3.8) is 0 Å². The van der Waals surface area contributed by atoms with Crippen molar-refractivity contribution < 1.29 is 28.2 Å². The van der Waals surface area contributed by atoms with Crippen LogP contribution < -0.4 is 10.1 Å². The highest BCUT2D eigenvalue weighted by atomic mass is 19.3. The Balaban J connectivity index is 1.97. The number of likely N-dealkylation sites (tertiary alicyclic amines) is 1. The van der Waals surface area contributed by atoms with Crippen LogP contribution in [0.25, 0.3) is 0 Å². The first-order valence-corrected chi connectivity index (χ1v) is 7.21. The standard InChI is InChI=1S/C15H18F2N2O4/c1-9-2-3-11(8-12(9)23-14(16)17)18-15(22)19-6-4-10(5-7-19)13(20)21/h2-3,8,10,14H,4-7H2,1H3,(H,18,22)(H,20,21). The summed E-state index contributed by atoms with van der Waals surface area (Å²) in [4.78, 5) is 24.5. The number of carboxylic acids is 1. The first-order valence-electron chi connectivity index (χ1n) is 7.21. The number of rotatable bonds is 4. The Hall–Kier alpha value is -2.38. The van der Waals surface area contributed by atoms with Crippen LogP contribution in [0.15, 0.2) is 18.2 Å². The van der Waals surface area contributed by atoms with E-state index in [2.05, 4.69) is 10.1 Å². The lowest BCUT2D eigenvalue weighted by atomic mass is 9.97. The van der Waals surface area contributed by atoms with Gasteiger partial charge in [0.2, 0.25) is 0 Å². The number of anilines is 1. The second kappa shape index (κ2) is 7.26. The second-order valence-electron chi connectivity index (χ2n) is 5.39. The fourth-order valence-corrected chi connectivity index (χ4v) is 2.43. The molecule has 0 atom stereocenters. The summed E-state index contributed by atoms with van der Waals surface area (Å²) in [6.45, 7) is -0.626. The largest absolute Gasteiger partial charge is 0.481 e. The van der Waals surface area contributed by atoms with Gasteiger partial charge in [-0.25, -0.2) is 4.79 Å². The number of piperidine rings is 1. The maximum atomic E-state index is 12.3. The van der Waals surface area contributed by atoms with Crippen molar-refractivity contribution in [1.29, 1.82) is 0 Å². The molecule has 6 nitrogen and oxygen atoms in total. The zero-order chi connectivity index (χ0) is 17.0. The summed E-state index contributed by atoms with van der Waals surface area (Å²) < 4.78 is 29.0. The highest BCUT2D eigenvalue weighted by Gasteiger charge is 2.27. The number of aliphatic carboxylic acids is 1. The van der Waals surface area contributed by atoms with Crippen LogP contribution in [0.3, 0.4) is 0 Å². The minimum atomic E-state index is -2.94. The van der Waals surface area contributed by atoms with Gasteiger partial charge in [-0.3, -0.25) is 4.79 Å². The number of aryl methyl sites for hydroxylation is 1. The molecule has 126 valence electrons. The Morgan fingerprint density at radius 2 is 2.00 bits per heavy atom. The molecule has 0 radical (unpaired) electrons. The van der Waals surface area contributed by atoms with Gasteiger partial charge in [-0.15, -0.1) is 0 Å². The van der Waals surface area contributed by atoms with E-state index in [1.54, 1.807) is 19.1 Å². The van der Waals surface area contributed by atoms with Gasteiger partial charge < -0.3 is 20.1 Å². The summed E-state index contributed by atoms with van der Waals surface area (Å²) >= 11 is 0. The maximum absolute atomic E-state index is 12.3. The molecule has 1 heterocycles. The first-order chi connectivity index (χ1) is 10.9. The predicted octanol–water partition coefficient (Wildman–Crippen LogP) is 2.92. The Labute approximate surface area is 132 Å². The Kier molecular flexibility index (Phi) is 5.36. The summed E-state index contributed by atoms with van der Waals surface area (Å²) in [5.74, 6) is -1.27. The third-order valence-corrected chi connectivity index (χ3v) is 3.79. The van der Waals surface area contributed by atoms with E-state index in [4.69, 9.17) is 5.11 Å². The highest BCUT2D eigenvalue weighted by Crippen LogP contribution is 2.25. The number of amides is 2. The Morgan fingerprint density at radius 1 is 1.35 bits per heavy atom. The van der Waals surface area contributed by atoms with E-state index in [1.807, 2.05) is 0 Å². The third-order valence-electron chi connectivity index (χ3n) is 3.79. The van der Waals surface area contributed by atoms with Crippen molar-refractivity contribution in [2.24, 2.45) is 5.92 Å². The van der Waals surface area contributed by atoms with E-state index in [9.17, 15) is 18.4 Å². The lowest BCUT2D eigenvalue weighted by Gasteiger charge is -2.30. The number of nitrogens with zero attached hydrogens (tertiary/aromatic N) is 1. The summed E-state index contributed by atoms with van der Waals surface area (Å²) in [6.07, 6.45) is 0.798. The molecule has 8 heteroatoms. The van der Waals surface area contributed by atoms with E-state index < -0.39 is 18.5 Å². The van der Waals surface area contributed by atoms with Gasteiger partial charge in [0.15, 0.2) is 0 Å². The average Bonchev–Trinajstić information content (AvgIpc) is 2.50. The Morgan fingerprint density at radius 3 is 2.57 bits per heavy atom. The number of hydrogen-bond donors (Lipinski definition) is 2. The first kappa shape index (κ1) is 17.0. The minimum absolute atomic E-state index is 0.00221. The van der Waals surface area contributed by atoms with Crippen LogP contribution in [0.1, 0.15) is 18.4 Å². The zero-order valence-electron chi connectivity index (χ0n) is 12.6. The maximum Gasteiger partial charge on any atom is 0.387 e. The van der Waals surface area contributed by atoms with Crippen LogP contribution >= 0.6 is 0 Å². The molecule has 0 unspecified atom stereocenters. The molecule has 0 saturated carbocycles. The van der Waals surface area contributed by atoms with Crippen LogP contribution in [-0.2, 0) is 4.79 Å². The molecule has 2 rings (SSSR count). The highest BCUT2D eigenvalue weighted by molar-refractivity contribution is 5.89. The minimum Gasteiger partial charge on any atom is -0.481 e. The van der Waals surface area contributed by atoms with Gasteiger partial charge in [0.05, 0.1) is 5.92 Å². The van der Waals surface area contributed by atoms with Crippen molar-refractivity contribution in [3.05, 3.63) is 23.8 Å². The normalized spacial score (nSPS) is 15.6. The summed E-state index contributed by atoms with van der Waals surface area (Å²) in [5.41, 5.74) is 0.877. The van der Waals surface area contributed by atoms with Gasteiger partial charge in [-0.2, -0.15) is 8.78 Å². The summed E-state index contributed by atoms with van der Waals surface area (Å²) in [7, 11) is 0. The van der Waals surface area contributed by atoms with Crippen LogP contribution in [0.4, 0.5) is 19.3 Å². The number of ether oxygens (including phenoxy) is 1. The Bertz CT molecular complexity index is 587. The van der Waals surface area contributed by atoms with Crippen LogP contribution in [-0.4, -0.2) is 41.7 Å². The number of benzene rings is 1. The number of alkyl halides is 2. The molecule has 1 fully saturated rings. The third kappa shape index (κ3) is 4.54. The SMILES string of the molecule is Cc1ccc(NC(=O)N2CCC(C(=O)O)CC2)cc1OC(F)F. The fraction of sp³-hybridized carbons (Fsp3) is 0.467. The number of nitrogens with one attached hydrogen (secondary N) is 1. The average molecular weight is 328 g/mol. The van der Waals surface area contributed by atoms with E-state index in [0.29, 0.717) is 37.2 Å². The van der Waals surface area contributed by atoms with Gasteiger partial charge in [-0.05, 0) is 31.4 Å². The van der Waals surface area contributed by atoms with E-state index in [0.717, 1.165) is 0 Å². The van der Waals surface area contributed by atoms with E-state index >= 15 is 0 Å². The van der Waals surface area contributed by atoms with Crippen molar-refractivity contribution in [1.82, 2.24) is 4.90 Å². The van der Waals surface area contributed by atoms with Gasteiger partial charge >= 0.3 is 18.6 Å². The number of carbonyl (C=O) groups excluding carboxylic acids is 1. The molecule has 0 aromatic heterocycles. The molecule has 1 aliphatic heterocycles. The molecule has 0 bridgehead atoms. The van der Waals surface area contributed by atoms with Crippen molar-refractivity contribution in [2.45, 2.75) is 26.4 Å². The molecule has 0 spiro atoms. The number of carbonyl (C=O) groups is 2. The lowest BCUT2D eigenvalue weighted by Crippen LogP contribution is -2.42. The zero-order valence-corrected chi connectivity index (χ0v) is 12.6. The number of urea groups is 1. The molecular formula is C15H18F2N2O4. The van der Waals surface area contributed by atoms with E-state index in [1.165, 1.54) is 11.0 Å². The molecule has 2 N–H and O–H groups in total. The number of halogens is 2.